The van der Waals surface area contributed by atoms with E-state index >= 15 is 0 Å². The predicted octanol–water partition coefficient (Wildman–Crippen LogP) is 3.02. The normalized spacial score (nSPS) is 19.3. The number of thiazole rings is 1. The van der Waals surface area contributed by atoms with Gasteiger partial charge in [0, 0.05) is 23.5 Å². The highest BCUT2D eigenvalue weighted by atomic mass is 32.1. The number of carbonyl (C=O) groups excluding carboxylic acids is 2. The molecule has 1 aromatic heterocycles. The SMILES string of the molecule is COc1ccc(N2C[C@@H](C(=O)Nc3nc4c(s3)CCCC4)CC2=O)cc1. The molecule has 6 nitrogen and oxygen atoms in total. The number of aryl methyl sites for hydroxylation is 2. The lowest BCUT2D eigenvalue weighted by atomic mass is 10.0. The fraction of sp³-hybridized carbons (Fsp3) is 0.421. The third-order valence-electron chi connectivity index (χ3n) is 4.96. The minimum Gasteiger partial charge on any atom is -0.497 e. The fourth-order valence-corrected chi connectivity index (χ4v) is 4.56. The van der Waals surface area contributed by atoms with Gasteiger partial charge in [-0.3, -0.25) is 9.59 Å². The molecule has 2 aromatic rings. The number of ether oxygens (including phenoxy) is 1. The van der Waals surface area contributed by atoms with Gasteiger partial charge in [0.15, 0.2) is 5.13 Å². The maximum Gasteiger partial charge on any atom is 0.231 e. The Hall–Kier alpha value is -2.41. The minimum atomic E-state index is -0.356. The van der Waals surface area contributed by atoms with Gasteiger partial charge in [-0.2, -0.15) is 0 Å². The van der Waals surface area contributed by atoms with Crippen molar-refractivity contribution in [2.45, 2.75) is 32.1 Å². The van der Waals surface area contributed by atoms with Crippen molar-refractivity contribution < 1.29 is 14.3 Å². The van der Waals surface area contributed by atoms with Gasteiger partial charge in [0.1, 0.15) is 5.75 Å². The molecule has 2 aliphatic rings. The Kier molecular flexibility index (Phi) is 4.63. The molecule has 0 radical (unpaired) electrons. The van der Waals surface area contributed by atoms with E-state index in [2.05, 4.69) is 10.3 Å². The highest BCUT2D eigenvalue weighted by Gasteiger charge is 2.35. The Morgan fingerprint density at radius 2 is 2.04 bits per heavy atom. The van der Waals surface area contributed by atoms with Gasteiger partial charge in [-0.25, -0.2) is 4.98 Å². The Balaban J connectivity index is 1.42. The summed E-state index contributed by atoms with van der Waals surface area (Å²) in [6.45, 7) is 0.391. The largest absolute Gasteiger partial charge is 0.497 e. The molecule has 4 rings (SSSR count). The molecule has 1 aromatic carbocycles. The number of nitrogens with zero attached hydrogens (tertiary/aromatic N) is 2. The molecular formula is C19H21N3O3S. The molecule has 26 heavy (non-hydrogen) atoms. The minimum absolute atomic E-state index is 0.0336. The van der Waals surface area contributed by atoms with Crippen LogP contribution in [0.2, 0.25) is 0 Å². The van der Waals surface area contributed by atoms with Crippen molar-refractivity contribution in [2.24, 2.45) is 5.92 Å². The van der Waals surface area contributed by atoms with Gasteiger partial charge in [-0.05, 0) is 49.9 Å². The molecule has 2 heterocycles. The fourth-order valence-electron chi connectivity index (χ4n) is 3.51. The van der Waals surface area contributed by atoms with Gasteiger partial charge >= 0.3 is 0 Å². The van der Waals surface area contributed by atoms with Crippen LogP contribution in [0.25, 0.3) is 0 Å². The molecular weight excluding hydrogens is 350 g/mol. The number of hydrogen-bond acceptors (Lipinski definition) is 5. The maximum atomic E-state index is 12.6. The third-order valence-corrected chi connectivity index (χ3v) is 6.03. The maximum absolute atomic E-state index is 12.6. The lowest BCUT2D eigenvalue weighted by Gasteiger charge is -2.16. The number of fused-ring (bicyclic) bond motifs is 1. The molecule has 1 N–H and O–H groups in total. The van der Waals surface area contributed by atoms with Crippen LogP contribution < -0.4 is 15.0 Å². The first-order valence-corrected chi connectivity index (χ1v) is 9.69. The van der Waals surface area contributed by atoms with E-state index in [1.54, 1.807) is 23.3 Å². The van der Waals surface area contributed by atoms with E-state index in [1.807, 2.05) is 24.3 Å². The van der Waals surface area contributed by atoms with E-state index in [0.29, 0.717) is 11.7 Å². The zero-order chi connectivity index (χ0) is 18.1. The van der Waals surface area contributed by atoms with Crippen LogP contribution in [0, 0.1) is 5.92 Å². The number of carbonyl (C=O) groups is 2. The lowest BCUT2D eigenvalue weighted by molar-refractivity contribution is -0.122. The van der Waals surface area contributed by atoms with E-state index in [-0.39, 0.29) is 24.2 Å². The molecule has 0 bridgehead atoms. The Labute approximate surface area is 156 Å². The average Bonchev–Trinajstić information content (AvgIpc) is 3.24. The number of methoxy groups -OCH3 is 1. The van der Waals surface area contributed by atoms with Crippen molar-refractivity contribution in [3.05, 3.63) is 34.8 Å². The zero-order valence-corrected chi connectivity index (χ0v) is 15.5. The lowest BCUT2D eigenvalue weighted by Crippen LogP contribution is -2.28. The number of nitrogens with one attached hydrogen (secondary N) is 1. The summed E-state index contributed by atoms with van der Waals surface area (Å²) in [4.78, 5) is 32.5. The third kappa shape index (κ3) is 3.31. The molecule has 0 spiro atoms. The van der Waals surface area contributed by atoms with E-state index in [0.717, 1.165) is 36.4 Å². The Bertz CT molecular complexity index is 808. The van der Waals surface area contributed by atoms with Crippen LogP contribution in [-0.2, 0) is 22.4 Å². The zero-order valence-electron chi connectivity index (χ0n) is 14.7. The summed E-state index contributed by atoms with van der Waals surface area (Å²) >= 11 is 1.57. The molecule has 136 valence electrons. The number of amides is 2. The first-order chi connectivity index (χ1) is 12.6. The van der Waals surface area contributed by atoms with E-state index in [4.69, 9.17) is 4.74 Å². The van der Waals surface area contributed by atoms with Crippen LogP contribution in [0.3, 0.4) is 0 Å². The van der Waals surface area contributed by atoms with Gasteiger partial charge in [-0.1, -0.05) is 0 Å². The summed E-state index contributed by atoms with van der Waals surface area (Å²) in [6, 6.07) is 7.31. The molecule has 1 saturated heterocycles. The van der Waals surface area contributed by atoms with Gasteiger partial charge in [0.05, 0.1) is 18.7 Å². The number of benzene rings is 1. The number of anilines is 2. The highest BCUT2D eigenvalue weighted by Crippen LogP contribution is 2.31. The molecule has 1 fully saturated rings. The van der Waals surface area contributed by atoms with Crippen molar-refractivity contribution in [1.82, 2.24) is 4.98 Å². The van der Waals surface area contributed by atoms with Crippen LogP contribution >= 0.6 is 11.3 Å². The van der Waals surface area contributed by atoms with Crippen LogP contribution in [-0.4, -0.2) is 30.5 Å². The van der Waals surface area contributed by atoms with Gasteiger partial charge < -0.3 is 15.0 Å². The quantitative estimate of drug-likeness (QED) is 0.897. The topological polar surface area (TPSA) is 71.5 Å². The summed E-state index contributed by atoms with van der Waals surface area (Å²) in [5.74, 6) is 0.224. The van der Waals surface area contributed by atoms with Gasteiger partial charge in [0.2, 0.25) is 11.8 Å². The summed E-state index contributed by atoms with van der Waals surface area (Å²) in [5.41, 5.74) is 1.91. The van der Waals surface area contributed by atoms with Gasteiger partial charge in [0.25, 0.3) is 0 Å². The first kappa shape index (κ1) is 17.0. The van der Waals surface area contributed by atoms with Crippen LogP contribution in [0.4, 0.5) is 10.8 Å². The second-order valence-corrected chi connectivity index (χ2v) is 7.77. The van der Waals surface area contributed by atoms with E-state index in [9.17, 15) is 9.59 Å². The summed E-state index contributed by atoms with van der Waals surface area (Å²) in [5, 5.41) is 3.59. The highest BCUT2D eigenvalue weighted by molar-refractivity contribution is 7.15. The van der Waals surface area contributed by atoms with Crippen molar-refractivity contribution >= 4 is 34.0 Å². The standard InChI is InChI=1S/C19H21N3O3S/c1-25-14-8-6-13(7-9-14)22-11-12(10-17(22)23)18(24)21-19-20-15-4-2-3-5-16(15)26-19/h6-9,12H,2-5,10-11H2,1H3,(H,20,21,24)/t12-/m0/s1. The van der Waals surface area contributed by atoms with Crippen molar-refractivity contribution in [2.75, 3.05) is 23.9 Å². The number of aromatic nitrogens is 1. The first-order valence-electron chi connectivity index (χ1n) is 8.88. The molecule has 1 aliphatic heterocycles. The predicted molar refractivity (Wildman–Crippen MR) is 101 cm³/mol. The van der Waals surface area contributed by atoms with Crippen molar-refractivity contribution in [3.63, 3.8) is 0 Å². The molecule has 2 amide bonds. The molecule has 1 aliphatic carbocycles. The molecule has 0 unspecified atom stereocenters. The van der Waals surface area contributed by atoms with E-state index < -0.39 is 0 Å². The van der Waals surface area contributed by atoms with Crippen molar-refractivity contribution in [1.29, 1.82) is 0 Å². The van der Waals surface area contributed by atoms with E-state index in [1.165, 1.54) is 11.3 Å². The Morgan fingerprint density at radius 3 is 2.77 bits per heavy atom. The molecule has 0 saturated carbocycles. The summed E-state index contributed by atoms with van der Waals surface area (Å²) < 4.78 is 5.15. The van der Waals surface area contributed by atoms with Gasteiger partial charge in [-0.15, -0.1) is 11.3 Å². The second kappa shape index (κ2) is 7.07. The van der Waals surface area contributed by atoms with Crippen LogP contribution in [0.1, 0.15) is 29.8 Å². The second-order valence-electron chi connectivity index (χ2n) is 6.69. The summed E-state index contributed by atoms with van der Waals surface area (Å²) in [7, 11) is 1.60. The number of hydrogen-bond donors (Lipinski definition) is 1. The summed E-state index contributed by atoms with van der Waals surface area (Å²) in [6.07, 6.45) is 4.63. The Morgan fingerprint density at radius 1 is 1.27 bits per heavy atom. The van der Waals surface area contributed by atoms with Crippen molar-refractivity contribution in [3.8, 4) is 5.75 Å². The van der Waals surface area contributed by atoms with Crippen LogP contribution in [0.15, 0.2) is 24.3 Å². The monoisotopic (exact) mass is 371 g/mol. The smallest absolute Gasteiger partial charge is 0.231 e. The molecule has 7 heteroatoms. The average molecular weight is 371 g/mol. The molecule has 1 atom stereocenters. The number of rotatable bonds is 4. The van der Waals surface area contributed by atoms with Crippen LogP contribution in [0.5, 0.6) is 5.75 Å².